The van der Waals surface area contributed by atoms with Gasteiger partial charge in [-0.1, -0.05) is 62.4 Å². The van der Waals surface area contributed by atoms with E-state index in [2.05, 4.69) is 28.7 Å². The predicted molar refractivity (Wildman–Crippen MR) is 170 cm³/mol. The lowest BCUT2D eigenvalue weighted by Gasteiger charge is -2.28. The van der Waals surface area contributed by atoms with E-state index in [1.165, 1.54) is 32.1 Å². The maximum Gasteiger partial charge on any atom is 0.116 e. The average molecular weight is 605 g/mol. The number of hydrogen-bond donors (Lipinski definition) is 0. The van der Waals surface area contributed by atoms with E-state index in [0.717, 1.165) is 72.6 Å². The fraction of sp³-hybridized carbons (Fsp3) is 0.576. The molecule has 0 aliphatic carbocycles. The molecule has 2 unspecified atom stereocenters. The summed E-state index contributed by atoms with van der Waals surface area (Å²) in [6.45, 7) is 12.9. The number of allylic oxidation sites excluding steroid dienone is 2. The van der Waals surface area contributed by atoms with Crippen molar-refractivity contribution in [2.75, 3.05) is 40.0 Å². The molecule has 226 valence electrons. The van der Waals surface area contributed by atoms with E-state index in [-0.39, 0.29) is 6.10 Å². The van der Waals surface area contributed by atoms with E-state index in [1.54, 1.807) is 19.5 Å². The van der Waals surface area contributed by atoms with Crippen LogP contribution in [0.15, 0.2) is 36.0 Å². The Kier molecular flexibility index (Phi) is 14.5. The largest absolute Gasteiger partial charge is 0.501 e. The Labute approximate surface area is 257 Å². The molecule has 1 aliphatic heterocycles. The molecule has 0 spiro atoms. The highest BCUT2D eigenvalue weighted by Gasteiger charge is 2.22. The fourth-order valence-electron chi connectivity index (χ4n) is 5.25. The smallest absolute Gasteiger partial charge is 0.116 e. The summed E-state index contributed by atoms with van der Waals surface area (Å²) >= 11 is 12.4. The van der Waals surface area contributed by atoms with E-state index in [1.807, 2.05) is 38.1 Å². The van der Waals surface area contributed by atoms with Crippen LogP contribution in [-0.4, -0.2) is 60.9 Å². The van der Waals surface area contributed by atoms with Gasteiger partial charge < -0.3 is 19.1 Å². The van der Waals surface area contributed by atoms with Crippen molar-refractivity contribution in [1.82, 2.24) is 14.9 Å². The maximum atomic E-state index is 6.27. The van der Waals surface area contributed by atoms with Crippen LogP contribution >= 0.6 is 23.2 Å². The van der Waals surface area contributed by atoms with Crippen LogP contribution in [0.1, 0.15) is 88.7 Å². The predicted octanol–water partition coefficient (Wildman–Crippen LogP) is 8.46. The summed E-state index contributed by atoms with van der Waals surface area (Å²) < 4.78 is 17.9. The second kappa shape index (κ2) is 17.7. The topological polar surface area (TPSA) is 56.7 Å². The molecule has 2 aromatic rings. The first-order valence-corrected chi connectivity index (χ1v) is 15.7. The Balaban J connectivity index is 1.72. The molecule has 0 bridgehead atoms. The number of rotatable bonds is 15. The lowest BCUT2D eigenvalue weighted by molar-refractivity contribution is 0.00183. The van der Waals surface area contributed by atoms with Gasteiger partial charge in [0.1, 0.15) is 19.0 Å². The van der Waals surface area contributed by atoms with Crippen LogP contribution < -0.4 is 0 Å². The number of benzene rings is 1. The number of halogens is 2. The number of unbranched alkanes of at least 4 members (excludes halogenated alkanes) is 1. The quantitative estimate of drug-likeness (QED) is 0.190. The van der Waals surface area contributed by atoms with Crippen LogP contribution in [0.3, 0.4) is 0 Å². The monoisotopic (exact) mass is 603 g/mol. The molecule has 0 amide bonds. The average Bonchev–Trinajstić information content (AvgIpc) is 3.19. The van der Waals surface area contributed by atoms with Crippen molar-refractivity contribution >= 4 is 35.4 Å². The van der Waals surface area contributed by atoms with Crippen molar-refractivity contribution in [3.05, 3.63) is 68.6 Å². The molecule has 1 saturated heterocycles. The number of ether oxygens (including phenoxy) is 3. The van der Waals surface area contributed by atoms with Gasteiger partial charge in [0, 0.05) is 44.3 Å². The zero-order valence-electron chi connectivity index (χ0n) is 25.4. The van der Waals surface area contributed by atoms with Gasteiger partial charge in [0.25, 0.3) is 0 Å². The van der Waals surface area contributed by atoms with Gasteiger partial charge in [-0.15, -0.1) is 0 Å². The van der Waals surface area contributed by atoms with Gasteiger partial charge in [0.05, 0.1) is 40.1 Å². The van der Waals surface area contributed by atoms with Crippen molar-refractivity contribution in [3.8, 4) is 0 Å². The summed E-state index contributed by atoms with van der Waals surface area (Å²) in [5, 5.41) is 1.05. The highest BCUT2D eigenvalue weighted by Crippen LogP contribution is 2.26. The first kappa shape index (κ1) is 33.4. The van der Waals surface area contributed by atoms with Gasteiger partial charge in [-0.2, -0.15) is 0 Å². The Morgan fingerprint density at radius 1 is 1.10 bits per heavy atom. The molecule has 1 fully saturated rings. The molecule has 6 nitrogen and oxygen atoms in total. The number of methoxy groups -OCH3 is 1. The summed E-state index contributed by atoms with van der Waals surface area (Å²) in [5.41, 5.74) is 3.52. The molecule has 0 saturated carbocycles. The normalized spacial score (nSPS) is 17.8. The highest BCUT2D eigenvalue weighted by atomic mass is 35.5. The second-order valence-corrected chi connectivity index (χ2v) is 11.8. The van der Waals surface area contributed by atoms with Crippen LogP contribution in [0, 0.1) is 5.92 Å². The maximum absolute atomic E-state index is 6.27. The fourth-order valence-corrected chi connectivity index (χ4v) is 5.58. The molecular weight excluding hydrogens is 557 g/mol. The minimum atomic E-state index is 0.0417. The molecule has 1 aliphatic rings. The highest BCUT2D eigenvalue weighted by molar-refractivity contribution is 6.42. The third-order valence-electron chi connectivity index (χ3n) is 7.47. The third-order valence-corrected chi connectivity index (χ3v) is 8.21. The lowest BCUT2D eigenvalue weighted by atomic mass is 9.96. The molecule has 0 N–H and O–H groups in total. The van der Waals surface area contributed by atoms with Gasteiger partial charge in [0.15, 0.2) is 0 Å². The van der Waals surface area contributed by atoms with Crippen molar-refractivity contribution in [3.63, 3.8) is 0 Å². The summed E-state index contributed by atoms with van der Waals surface area (Å²) in [7, 11) is 1.66. The number of aromatic nitrogens is 2. The molecule has 8 heteroatoms. The number of nitrogens with zero attached hydrogens (tertiary/aromatic N) is 3. The molecule has 41 heavy (non-hydrogen) atoms. The van der Waals surface area contributed by atoms with Crippen molar-refractivity contribution in [1.29, 1.82) is 0 Å². The zero-order chi connectivity index (χ0) is 29.6. The van der Waals surface area contributed by atoms with Crippen molar-refractivity contribution in [2.24, 2.45) is 5.92 Å². The Bertz CT molecular complexity index is 1150. The Hall–Kier alpha value is -2.12. The summed E-state index contributed by atoms with van der Waals surface area (Å²) in [6.07, 6.45) is 13.6. The third kappa shape index (κ3) is 11.2. The molecule has 3 rings (SSSR count). The molecule has 0 radical (unpaired) electrons. The molecule has 1 aromatic heterocycles. The standard InChI is InChI=1S/C33H47Cl2N3O3/c1-6-8-11-26(10-7-2)20-38-14-9-15-40-28(21-38)22-41-25(4)17-32-29(16-24(3)39-5)33(37-23-36-32)19-27-12-13-30(34)31(35)18-27/h12-13,16-18,23,26,28H,6-11,14-15,19-22H2,1-5H3/b24-16+,25-17+. The van der Waals surface area contributed by atoms with Gasteiger partial charge in [-0.05, 0) is 62.8 Å². The Morgan fingerprint density at radius 3 is 2.66 bits per heavy atom. The first-order valence-electron chi connectivity index (χ1n) is 15.0. The van der Waals surface area contributed by atoms with Gasteiger partial charge in [-0.25, -0.2) is 9.97 Å². The van der Waals surface area contributed by atoms with Crippen LogP contribution in [0.4, 0.5) is 0 Å². The molecule has 2 heterocycles. The molecular formula is C33H47Cl2N3O3. The minimum Gasteiger partial charge on any atom is -0.501 e. The summed E-state index contributed by atoms with van der Waals surface area (Å²) in [6, 6.07) is 5.64. The molecule has 2 atom stereocenters. The van der Waals surface area contributed by atoms with Gasteiger partial charge in [0.2, 0.25) is 0 Å². The van der Waals surface area contributed by atoms with E-state index in [9.17, 15) is 0 Å². The zero-order valence-corrected chi connectivity index (χ0v) is 26.9. The van der Waals surface area contributed by atoms with Gasteiger partial charge in [-0.3, -0.25) is 0 Å². The van der Waals surface area contributed by atoms with Crippen LogP contribution in [0.25, 0.3) is 12.2 Å². The molecule has 1 aromatic carbocycles. The summed E-state index contributed by atoms with van der Waals surface area (Å²) in [4.78, 5) is 11.8. The van der Waals surface area contributed by atoms with E-state index in [4.69, 9.17) is 37.4 Å². The number of hydrogen-bond acceptors (Lipinski definition) is 6. The van der Waals surface area contributed by atoms with Crippen LogP contribution in [0.5, 0.6) is 0 Å². The van der Waals surface area contributed by atoms with E-state index < -0.39 is 0 Å². The van der Waals surface area contributed by atoms with E-state index in [0.29, 0.717) is 23.1 Å². The van der Waals surface area contributed by atoms with Crippen LogP contribution in [0.2, 0.25) is 10.0 Å². The minimum absolute atomic E-state index is 0.0417. The van der Waals surface area contributed by atoms with Crippen molar-refractivity contribution in [2.45, 2.75) is 78.7 Å². The van der Waals surface area contributed by atoms with Gasteiger partial charge >= 0.3 is 0 Å². The lowest BCUT2D eigenvalue weighted by Crippen LogP contribution is -2.37. The summed E-state index contributed by atoms with van der Waals surface area (Å²) in [5.74, 6) is 2.30. The van der Waals surface area contributed by atoms with E-state index >= 15 is 0 Å². The van der Waals surface area contributed by atoms with Crippen LogP contribution in [-0.2, 0) is 20.6 Å². The second-order valence-electron chi connectivity index (χ2n) is 11.0. The van der Waals surface area contributed by atoms with Crippen molar-refractivity contribution < 1.29 is 14.2 Å². The first-order chi connectivity index (χ1) is 19.8. The Morgan fingerprint density at radius 2 is 1.93 bits per heavy atom. The SMILES string of the molecule is CCCCC(CCC)CN1CCCOC(CO/C(C)=C/c2ncnc(Cc3ccc(Cl)c(Cl)c3)c2/C=C(\C)OC)C1.